The molecule has 0 fully saturated rings. The molecule has 4 nitrogen and oxygen atoms in total. The number of anilines is 1. The van der Waals surface area contributed by atoms with Crippen molar-refractivity contribution in [3.05, 3.63) is 58.6 Å². The van der Waals surface area contributed by atoms with Crippen molar-refractivity contribution in [2.24, 2.45) is 0 Å². The summed E-state index contributed by atoms with van der Waals surface area (Å²) in [6, 6.07) is 12.7. The molecular weight excluding hydrogens is 346 g/mol. The summed E-state index contributed by atoms with van der Waals surface area (Å²) in [6.45, 7) is 2.29. The average molecular weight is 364 g/mol. The molecule has 0 saturated carbocycles. The highest BCUT2D eigenvalue weighted by molar-refractivity contribution is 7.90. The van der Waals surface area contributed by atoms with Crippen molar-refractivity contribution >= 4 is 32.9 Å². The zero-order valence-electron chi connectivity index (χ0n) is 13.5. The number of sulfone groups is 1. The van der Waals surface area contributed by atoms with E-state index < -0.39 is 9.84 Å². The molecular formula is C18H18ClNO3S. The van der Waals surface area contributed by atoms with E-state index in [0.717, 1.165) is 18.4 Å². The first kappa shape index (κ1) is 17.0. The summed E-state index contributed by atoms with van der Waals surface area (Å²) in [7, 11) is -3.47. The van der Waals surface area contributed by atoms with Gasteiger partial charge in [0.05, 0.1) is 16.5 Å². The predicted molar refractivity (Wildman–Crippen MR) is 95.8 cm³/mol. The van der Waals surface area contributed by atoms with Crippen molar-refractivity contribution in [1.29, 1.82) is 0 Å². The van der Waals surface area contributed by atoms with Gasteiger partial charge in [-0.2, -0.15) is 0 Å². The number of nitrogens with zero attached hydrogens (tertiary/aromatic N) is 1. The summed E-state index contributed by atoms with van der Waals surface area (Å²) in [5.74, 6) is -0.125. The van der Waals surface area contributed by atoms with Gasteiger partial charge in [0.25, 0.3) is 0 Å². The molecule has 2 aromatic rings. The number of carbonyl (C=O) groups is 1. The van der Waals surface area contributed by atoms with Crippen LogP contribution in [0, 0.1) is 0 Å². The Balaban J connectivity index is 1.89. The molecule has 1 heterocycles. The molecule has 0 N–H and O–H groups in total. The van der Waals surface area contributed by atoms with Crippen LogP contribution in [0.2, 0.25) is 5.02 Å². The van der Waals surface area contributed by atoms with E-state index in [2.05, 4.69) is 17.9 Å². The van der Waals surface area contributed by atoms with Gasteiger partial charge in [-0.15, -0.1) is 0 Å². The third-order valence-electron chi connectivity index (χ3n) is 4.32. The van der Waals surface area contributed by atoms with Gasteiger partial charge >= 0.3 is 0 Å². The summed E-state index contributed by atoms with van der Waals surface area (Å²) in [6.07, 6.45) is 1.99. The smallest absolute Gasteiger partial charge is 0.182 e. The molecule has 1 unspecified atom stereocenters. The van der Waals surface area contributed by atoms with Gasteiger partial charge in [0.15, 0.2) is 15.6 Å². The molecule has 0 aromatic heterocycles. The zero-order chi connectivity index (χ0) is 17.5. The molecule has 24 heavy (non-hydrogen) atoms. The van der Waals surface area contributed by atoms with Gasteiger partial charge in [-0.1, -0.05) is 29.8 Å². The molecule has 3 rings (SSSR count). The number of benzene rings is 2. The number of rotatable bonds is 4. The molecule has 1 atom stereocenters. The summed E-state index contributed by atoms with van der Waals surface area (Å²) < 4.78 is 23.6. The molecule has 0 radical (unpaired) electrons. The fourth-order valence-electron chi connectivity index (χ4n) is 3.08. The lowest BCUT2D eigenvalue weighted by molar-refractivity contribution is 0.0997. The van der Waals surface area contributed by atoms with Crippen molar-refractivity contribution in [2.75, 3.05) is 17.7 Å². The van der Waals surface area contributed by atoms with E-state index in [9.17, 15) is 13.2 Å². The van der Waals surface area contributed by atoms with Crippen LogP contribution in [-0.4, -0.2) is 33.0 Å². The lowest BCUT2D eigenvalue weighted by Gasteiger charge is -2.24. The SMILES string of the molecule is CC1Cc2ccccc2N1CC(=O)c1ccc(Cl)c(S(C)(=O)=O)c1. The predicted octanol–water partition coefficient (Wildman–Crippen LogP) is 3.38. The number of fused-ring (bicyclic) bond motifs is 1. The van der Waals surface area contributed by atoms with Crippen LogP contribution in [0.15, 0.2) is 47.4 Å². The van der Waals surface area contributed by atoms with Crippen molar-refractivity contribution in [3.63, 3.8) is 0 Å². The second-order valence-electron chi connectivity index (χ2n) is 6.15. The number of para-hydroxylation sites is 1. The average Bonchev–Trinajstić information content (AvgIpc) is 2.82. The van der Waals surface area contributed by atoms with E-state index in [4.69, 9.17) is 11.6 Å². The van der Waals surface area contributed by atoms with E-state index in [0.29, 0.717) is 5.56 Å². The number of ketones is 1. The summed E-state index contributed by atoms with van der Waals surface area (Å²) in [5, 5.41) is 0.133. The fourth-order valence-corrected chi connectivity index (χ4v) is 4.38. The van der Waals surface area contributed by atoms with Crippen LogP contribution in [0.25, 0.3) is 0 Å². The summed E-state index contributed by atoms with van der Waals surface area (Å²) in [5.41, 5.74) is 2.65. The Labute approximate surface area is 147 Å². The van der Waals surface area contributed by atoms with Gasteiger partial charge in [0.2, 0.25) is 0 Å². The molecule has 1 aliphatic rings. The van der Waals surface area contributed by atoms with Crippen molar-refractivity contribution in [3.8, 4) is 0 Å². The van der Waals surface area contributed by atoms with E-state index in [1.165, 1.54) is 17.7 Å². The quantitative estimate of drug-likeness (QED) is 0.781. The highest BCUT2D eigenvalue weighted by atomic mass is 35.5. The Morgan fingerprint density at radius 3 is 2.67 bits per heavy atom. The minimum absolute atomic E-state index is 0.00936. The molecule has 0 amide bonds. The number of halogens is 1. The molecule has 2 aromatic carbocycles. The van der Waals surface area contributed by atoms with E-state index in [-0.39, 0.29) is 28.3 Å². The number of Topliss-reactive ketones (excluding diaryl/α,β-unsaturated/α-hetero) is 1. The second kappa shape index (κ2) is 6.22. The third kappa shape index (κ3) is 3.19. The van der Waals surface area contributed by atoms with Crippen molar-refractivity contribution in [1.82, 2.24) is 0 Å². The Kier molecular flexibility index (Phi) is 4.40. The van der Waals surface area contributed by atoms with Gasteiger partial charge in [0, 0.05) is 23.5 Å². The monoisotopic (exact) mass is 363 g/mol. The van der Waals surface area contributed by atoms with Gasteiger partial charge in [-0.25, -0.2) is 8.42 Å². The molecule has 0 aliphatic carbocycles. The normalized spacial score (nSPS) is 17.0. The van der Waals surface area contributed by atoms with Crippen LogP contribution >= 0.6 is 11.6 Å². The minimum atomic E-state index is -3.47. The van der Waals surface area contributed by atoms with Crippen LogP contribution in [-0.2, 0) is 16.3 Å². The van der Waals surface area contributed by atoms with E-state index in [1.807, 2.05) is 18.2 Å². The minimum Gasteiger partial charge on any atom is -0.361 e. The Hall–Kier alpha value is -1.85. The van der Waals surface area contributed by atoms with Crippen LogP contribution in [0.3, 0.4) is 0 Å². The fraction of sp³-hybridized carbons (Fsp3) is 0.278. The van der Waals surface area contributed by atoms with Gasteiger partial charge in [-0.05, 0) is 43.2 Å². The maximum atomic E-state index is 12.7. The standard InChI is InChI=1S/C18H18ClNO3S/c1-12-9-13-5-3-4-6-16(13)20(12)11-17(21)14-7-8-15(19)18(10-14)24(2,22)23/h3-8,10,12H,9,11H2,1-2H3. The molecule has 0 saturated heterocycles. The number of hydrogen-bond donors (Lipinski definition) is 0. The van der Waals surface area contributed by atoms with E-state index in [1.54, 1.807) is 6.07 Å². The number of hydrogen-bond acceptors (Lipinski definition) is 4. The van der Waals surface area contributed by atoms with Crippen LogP contribution < -0.4 is 4.90 Å². The van der Waals surface area contributed by atoms with Crippen molar-refractivity contribution in [2.45, 2.75) is 24.3 Å². The first-order chi connectivity index (χ1) is 11.3. The maximum absolute atomic E-state index is 12.7. The van der Waals surface area contributed by atoms with Crippen molar-refractivity contribution < 1.29 is 13.2 Å². The maximum Gasteiger partial charge on any atom is 0.182 e. The first-order valence-corrected chi connectivity index (χ1v) is 9.91. The molecule has 6 heteroatoms. The number of carbonyl (C=O) groups excluding carboxylic acids is 1. The summed E-state index contributed by atoms with van der Waals surface area (Å²) in [4.78, 5) is 14.7. The lowest BCUT2D eigenvalue weighted by Crippen LogP contribution is -2.34. The molecule has 1 aliphatic heterocycles. The largest absolute Gasteiger partial charge is 0.361 e. The highest BCUT2D eigenvalue weighted by Gasteiger charge is 2.27. The molecule has 0 spiro atoms. The Bertz CT molecular complexity index is 908. The second-order valence-corrected chi connectivity index (χ2v) is 8.54. The first-order valence-electron chi connectivity index (χ1n) is 7.64. The molecule has 0 bridgehead atoms. The van der Waals surface area contributed by atoms with E-state index >= 15 is 0 Å². The molecule has 126 valence electrons. The third-order valence-corrected chi connectivity index (χ3v) is 5.89. The highest BCUT2D eigenvalue weighted by Crippen LogP contribution is 2.32. The van der Waals surface area contributed by atoms with Gasteiger partial charge in [-0.3, -0.25) is 4.79 Å². The lowest BCUT2D eigenvalue weighted by atomic mass is 10.1. The topological polar surface area (TPSA) is 54.5 Å². The van der Waals surface area contributed by atoms with Gasteiger partial charge < -0.3 is 4.90 Å². The van der Waals surface area contributed by atoms with Crippen LogP contribution in [0.1, 0.15) is 22.8 Å². The van der Waals surface area contributed by atoms with Crippen LogP contribution in [0.5, 0.6) is 0 Å². The summed E-state index contributed by atoms with van der Waals surface area (Å²) >= 11 is 5.95. The van der Waals surface area contributed by atoms with Gasteiger partial charge in [0.1, 0.15) is 0 Å². The van der Waals surface area contributed by atoms with Crippen LogP contribution in [0.4, 0.5) is 5.69 Å². The Morgan fingerprint density at radius 2 is 1.96 bits per heavy atom. The zero-order valence-corrected chi connectivity index (χ0v) is 15.1. The Morgan fingerprint density at radius 1 is 1.25 bits per heavy atom.